The molecule has 5 nitrogen and oxygen atoms in total. The Labute approximate surface area is 186 Å². The third-order valence-electron chi connectivity index (χ3n) is 5.30. The van der Waals surface area contributed by atoms with Gasteiger partial charge >= 0.3 is 12.4 Å². The van der Waals surface area contributed by atoms with Crippen molar-refractivity contribution in [2.24, 2.45) is 0 Å². The Kier molecular flexibility index (Phi) is 6.81. The van der Waals surface area contributed by atoms with Gasteiger partial charge in [-0.1, -0.05) is 17.7 Å². The summed E-state index contributed by atoms with van der Waals surface area (Å²) >= 11 is 0. The number of rotatable bonds is 4. The Balaban J connectivity index is 1.71. The third-order valence-corrected chi connectivity index (χ3v) is 7.21. The molecule has 33 heavy (non-hydrogen) atoms. The molecule has 0 aliphatic carbocycles. The number of amides is 1. The molecule has 1 saturated heterocycles. The summed E-state index contributed by atoms with van der Waals surface area (Å²) in [4.78, 5) is 12.5. The third kappa shape index (κ3) is 5.85. The normalized spacial score (nSPS) is 16.6. The first-order valence-electron chi connectivity index (χ1n) is 9.85. The summed E-state index contributed by atoms with van der Waals surface area (Å²) in [5, 5.41) is 2.42. The quantitative estimate of drug-likeness (QED) is 0.632. The van der Waals surface area contributed by atoms with E-state index >= 15 is 0 Å². The van der Waals surface area contributed by atoms with E-state index in [1.54, 1.807) is 12.1 Å². The summed E-state index contributed by atoms with van der Waals surface area (Å²) in [6.45, 7) is 1.89. The molecule has 1 fully saturated rings. The highest BCUT2D eigenvalue weighted by Crippen LogP contribution is 2.36. The fraction of sp³-hybridized carbons (Fsp3) is 0.381. The number of piperidine rings is 1. The number of halogens is 6. The van der Waals surface area contributed by atoms with E-state index in [4.69, 9.17) is 0 Å². The van der Waals surface area contributed by atoms with E-state index in [2.05, 4.69) is 5.32 Å². The summed E-state index contributed by atoms with van der Waals surface area (Å²) in [6, 6.07) is 6.34. The zero-order valence-electron chi connectivity index (χ0n) is 17.3. The lowest BCUT2D eigenvalue weighted by Gasteiger charge is -2.31. The monoisotopic (exact) mass is 494 g/mol. The van der Waals surface area contributed by atoms with E-state index in [0.717, 1.165) is 5.56 Å². The molecule has 12 heteroatoms. The molecule has 0 aromatic heterocycles. The minimum Gasteiger partial charge on any atom is -0.349 e. The minimum atomic E-state index is -5.06. The van der Waals surface area contributed by atoms with Gasteiger partial charge in [0.1, 0.15) is 0 Å². The molecule has 2 aromatic rings. The van der Waals surface area contributed by atoms with E-state index in [1.807, 2.05) is 6.92 Å². The van der Waals surface area contributed by atoms with Crippen LogP contribution in [0.3, 0.4) is 0 Å². The smallest absolute Gasteiger partial charge is 0.349 e. The number of carbonyl (C=O) groups excluding carboxylic acids is 1. The summed E-state index contributed by atoms with van der Waals surface area (Å²) in [5.74, 6) is -1.09. The van der Waals surface area contributed by atoms with Gasteiger partial charge in [-0.25, -0.2) is 8.42 Å². The molecule has 2 aromatic carbocycles. The molecular formula is C21H20F6N2O3S. The van der Waals surface area contributed by atoms with Crippen molar-refractivity contribution in [1.82, 2.24) is 9.62 Å². The van der Waals surface area contributed by atoms with Crippen molar-refractivity contribution in [3.8, 4) is 0 Å². The molecule has 0 unspecified atom stereocenters. The van der Waals surface area contributed by atoms with Crippen LogP contribution in [0.4, 0.5) is 26.3 Å². The number of benzene rings is 2. The van der Waals surface area contributed by atoms with Gasteiger partial charge in [-0.3, -0.25) is 4.79 Å². The highest BCUT2D eigenvalue weighted by atomic mass is 32.2. The average Bonchev–Trinajstić information content (AvgIpc) is 2.73. The maximum absolute atomic E-state index is 13.0. The van der Waals surface area contributed by atoms with E-state index in [1.165, 1.54) is 16.4 Å². The predicted molar refractivity (Wildman–Crippen MR) is 107 cm³/mol. The molecule has 0 spiro atoms. The highest BCUT2D eigenvalue weighted by Gasteiger charge is 2.38. The number of nitrogens with one attached hydrogen (secondary N) is 1. The fourth-order valence-electron chi connectivity index (χ4n) is 3.45. The van der Waals surface area contributed by atoms with Crippen LogP contribution in [0.5, 0.6) is 0 Å². The van der Waals surface area contributed by atoms with Crippen LogP contribution in [0.2, 0.25) is 0 Å². The van der Waals surface area contributed by atoms with Crippen LogP contribution in [-0.4, -0.2) is 37.8 Å². The van der Waals surface area contributed by atoms with Gasteiger partial charge in [0.2, 0.25) is 10.0 Å². The van der Waals surface area contributed by atoms with Gasteiger partial charge < -0.3 is 5.32 Å². The first kappa shape index (κ1) is 25.0. The van der Waals surface area contributed by atoms with Crippen LogP contribution >= 0.6 is 0 Å². The zero-order chi connectivity index (χ0) is 24.6. The molecule has 1 amide bonds. The number of nitrogens with zero attached hydrogens (tertiary/aromatic N) is 1. The van der Waals surface area contributed by atoms with Gasteiger partial charge in [-0.05, 0) is 50.1 Å². The van der Waals surface area contributed by atoms with Gasteiger partial charge in [-0.15, -0.1) is 0 Å². The second-order valence-corrected chi connectivity index (χ2v) is 9.70. The van der Waals surface area contributed by atoms with Crippen LogP contribution in [0, 0.1) is 6.92 Å². The SMILES string of the molecule is Cc1ccc(S(=O)(=O)N2CCC(NC(=O)c3cc(C(F)(F)F)cc(C(F)(F)F)c3)CC2)cc1. The Morgan fingerprint density at radius 2 is 1.39 bits per heavy atom. The zero-order valence-corrected chi connectivity index (χ0v) is 18.1. The van der Waals surface area contributed by atoms with Crippen molar-refractivity contribution in [3.63, 3.8) is 0 Å². The number of alkyl halides is 6. The van der Waals surface area contributed by atoms with Crippen molar-refractivity contribution in [2.45, 2.75) is 43.1 Å². The van der Waals surface area contributed by atoms with Gasteiger partial charge in [0.15, 0.2) is 0 Å². The first-order chi connectivity index (χ1) is 15.2. The summed E-state index contributed by atoms with van der Waals surface area (Å²) in [6.07, 6.45) is -9.82. The van der Waals surface area contributed by atoms with E-state index in [-0.39, 0.29) is 36.9 Å². The average molecular weight is 494 g/mol. The molecule has 1 heterocycles. The maximum Gasteiger partial charge on any atom is 0.416 e. The molecule has 180 valence electrons. The molecule has 0 atom stereocenters. The Morgan fingerprint density at radius 1 is 0.909 bits per heavy atom. The lowest BCUT2D eigenvalue weighted by molar-refractivity contribution is -0.143. The Hall–Kier alpha value is -2.60. The maximum atomic E-state index is 13.0. The van der Waals surface area contributed by atoms with Crippen molar-refractivity contribution < 1.29 is 39.6 Å². The van der Waals surface area contributed by atoms with E-state index < -0.39 is 51.0 Å². The predicted octanol–water partition coefficient (Wildman–Crippen LogP) is 4.62. The van der Waals surface area contributed by atoms with Crippen LogP contribution in [0.25, 0.3) is 0 Å². The summed E-state index contributed by atoms with van der Waals surface area (Å²) < 4.78 is 105. The molecule has 1 aliphatic rings. The van der Waals surface area contributed by atoms with Gasteiger partial charge in [0, 0.05) is 24.7 Å². The van der Waals surface area contributed by atoms with Crippen molar-refractivity contribution >= 4 is 15.9 Å². The molecule has 1 N–H and O–H groups in total. The Morgan fingerprint density at radius 3 is 1.85 bits per heavy atom. The fourth-order valence-corrected chi connectivity index (χ4v) is 4.92. The standard InChI is InChI=1S/C21H20F6N2O3S/c1-13-2-4-18(5-3-13)33(31,32)29-8-6-17(7-9-29)28-19(30)14-10-15(20(22,23)24)12-16(11-14)21(25,26)27/h2-5,10-12,17H,6-9H2,1H3,(H,28,30). The number of aryl methyl sites for hydroxylation is 1. The molecule has 1 aliphatic heterocycles. The summed E-state index contributed by atoms with van der Waals surface area (Å²) in [7, 11) is -3.76. The van der Waals surface area contributed by atoms with E-state index in [0.29, 0.717) is 12.1 Å². The number of hydrogen-bond acceptors (Lipinski definition) is 3. The second kappa shape index (κ2) is 8.98. The van der Waals surface area contributed by atoms with Crippen molar-refractivity contribution in [2.75, 3.05) is 13.1 Å². The minimum absolute atomic E-state index is 0.0392. The molecule has 0 saturated carbocycles. The topological polar surface area (TPSA) is 66.5 Å². The Bertz CT molecular complexity index is 1090. The van der Waals surface area contributed by atoms with Crippen LogP contribution in [-0.2, 0) is 22.4 Å². The van der Waals surface area contributed by atoms with Gasteiger partial charge in [0.05, 0.1) is 16.0 Å². The van der Waals surface area contributed by atoms with Crippen LogP contribution in [0.15, 0.2) is 47.4 Å². The number of carbonyl (C=O) groups is 1. The summed E-state index contributed by atoms with van der Waals surface area (Å²) in [5.41, 5.74) is -3.05. The van der Waals surface area contributed by atoms with Gasteiger partial charge in [0.25, 0.3) is 5.91 Å². The number of hydrogen-bond donors (Lipinski definition) is 1. The molecular weight excluding hydrogens is 474 g/mol. The molecule has 0 radical (unpaired) electrons. The van der Waals surface area contributed by atoms with E-state index in [9.17, 15) is 39.6 Å². The van der Waals surface area contributed by atoms with Crippen LogP contribution < -0.4 is 5.32 Å². The first-order valence-corrected chi connectivity index (χ1v) is 11.3. The largest absolute Gasteiger partial charge is 0.416 e. The number of sulfonamides is 1. The van der Waals surface area contributed by atoms with Gasteiger partial charge in [-0.2, -0.15) is 30.6 Å². The second-order valence-electron chi connectivity index (χ2n) is 7.76. The molecule has 3 rings (SSSR count). The molecule has 0 bridgehead atoms. The van der Waals surface area contributed by atoms with Crippen LogP contribution in [0.1, 0.15) is 39.9 Å². The lowest BCUT2D eigenvalue weighted by Crippen LogP contribution is -2.46. The lowest BCUT2D eigenvalue weighted by atomic mass is 10.0. The van der Waals surface area contributed by atoms with Crippen molar-refractivity contribution in [1.29, 1.82) is 0 Å². The highest BCUT2D eigenvalue weighted by molar-refractivity contribution is 7.89. The van der Waals surface area contributed by atoms with Crippen molar-refractivity contribution in [3.05, 3.63) is 64.7 Å².